The molecular weight excluding hydrogens is 420 g/mol. The number of hydrogen-bond donors (Lipinski definition) is 2. The summed E-state index contributed by atoms with van der Waals surface area (Å²) in [7, 11) is 0. The second-order valence-electron chi connectivity index (χ2n) is 7.67. The molecule has 4 rings (SSSR count). The van der Waals surface area contributed by atoms with Crippen LogP contribution in [0.1, 0.15) is 66.4 Å². The van der Waals surface area contributed by atoms with Crippen molar-refractivity contribution in [2.45, 2.75) is 26.7 Å². The van der Waals surface area contributed by atoms with Crippen LogP contribution in [0.2, 0.25) is 0 Å². The van der Waals surface area contributed by atoms with E-state index < -0.39 is 17.8 Å². The Morgan fingerprint density at radius 2 is 1.39 bits per heavy atom. The van der Waals surface area contributed by atoms with Gasteiger partial charge in [0.15, 0.2) is 0 Å². The van der Waals surface area contributed by atoms with Gasteiger partial charge in [-0.1, -0.05) is 32.0 Å². The number of carboxylic acids is 1. The lowest BCUT2D eigenvalue weighted by Crippen LogP contribution is -2.29. The highest BCUT2D eigenvalue weighted by molar-refractivity contribution is 6.34. The quantitative estimate of drug-likeness (QED) is 0.545. The number of nitrogens with one attached hydrogen (secondary N) is 1. The SMILES string of the molecule is CCc1cccc(CC)c1NC(=O)c1ccc(N2C(=O)c3ccc(C(=O)O)cc3C2=O)cc1. The third kappa shape index (κ3) is 3.89. The number of fused-ring (bicyclic) bond motifs is 1. The first-order chi connectivity index (χ1) is 15.8. The fourth-order valence-corrected chi connectivity index (χ4v) is 3.96. The minimum absolute atomic E-state index is 0.0463. The number of aryl methyl sites for hydroxylation is 2. The molecule has 0 aliphatic carbocycles. The number of carboxylic acid groups (broad SMARTS) is 1. The molecule has 0 spiro atoms. The van der Waals surface area contributed by atoms with Crippen molar-refractivity contribution in [3.63, 3.8) is 0 Å². The van der Waals surface area contributed by atoms with Gasteiger partial charge in [0.2, 0.25) is 0 Å². The molecule has 7 heteroatoms. The van der Waals surface area contributed by atoms with Gasteiger partial charge in [-0.2, -0.15) is 0 Å². The number of rotatable bonds is 6. The normalized spacial score (nSPS) is 12.6. The summed E-state index contributed by atoms with van der Waals surface area (Å²) in [5.41, 5.74) is 3.72. The molecule has 0 saturated heterocycles. The van der Waals surface area contributed by atoms with Crippen LogP contribution in [0, 0.1) is 0 Å². The second kappa shape index (κ2) is 8.70. The predicted octanol–water partition coefficient (Wildman–Crippen LogP) is 4.56. The number of carbonyl (C=O) groups is 4. The molecule has 1 aliphatic heterocycles. The molecule has 166 valence electrons. The largest absolute Gasteiger partial charge is 0.478 e. The lowest BCUT2D eigenvalue weighted by molar-refractivity contribution is 0.0696. The molecule has 33 heavy (non-hydrogen) atoms. The summed E-state index contributed by atoms with van der Waals surface area (Å²) >= 11 is 0. The van der Waals surface area contributed by atoms with E-state index in [-0.39, 0.29) is 22.6 Å². The van der Waals surface area contributed by atoms with E-state index in [0.717, 1.165) is 34.6 Å². The van der Waals surface area contributed by atoms with E-state index in [9.17, 15) is 19.2 Å². The average molecular weight is 442 g/mol. The minimum atomic E-state index is -1.18. The maximum absolute atomic E-state index is 12.9. The standard InChI is InChI=1S/C26H22N2O5/c1-3-15-6-5-7-16(4-2)22(15)27-23(29)17-8-11-19(12-9-17)28-24(30)20-13-10-18(26(32)33)14-21(20)25(28)31/h5-14H,3-4H2,1-2H3,(H,27,29)(H,32,33). The molecule has 0 bridgehead atoms. The second-order valence-corrected chi connectivity index (χ2v) is 7.67. The third-order valence-corrected chi connectivity index (χ3v) is 5.76. The van der Waals surface area contributed by atoms with E-state index in [1.165, 1.54) is 30.3 Å². The van der Waals surface area contributed by atoms with Gasteiger partial charge in [-0.15, -0.1) is 0 Å². The molecule has 0 unspecified atom stereocenters. The van der Waals surface area contributed by atoms with Gasteiger partial charge < -0.3 is 10.4 Å². The molecule has 0 atom stereocenters. The molecule has 7 nitrogen and oxygen atoms in total. The highest BCUT2D eigenvalue weighted by Crippen LogP contribution is 2.30. The predicted molar refractivity (Wildman–Crippen MR) is 124 cm³/mol. The van der Waals surface area contributed by atoms with E-state index in [1.54, 1.807) is 12.1 Å². The van der Waals surface area contributed by atoms with Crippen molar-refractivity contribution >= 4 is 35.1 Å². The molecule has 1 aliphatic rings. The van der Waals surface area contributed by atoms with Crippen LogP contribution in [0.15, 0.2) is 60.7 Å². The molecule has 0 aromatic heterocycles. The van der Waals surface area contributed by atoms with Gasteiger partial charge in [0.05, 0.1) is 22.4 Å². The van der Waals surface area contributed by atoms with Gasteiger partial charge in [-0.3, -0.25) is 14.4 Å². The minimum Gasteiger partial charge on any atom is -0.478 e. The van der Waals surface area contributed by atoms with Crippen molar-refractivity contribution in [1.29, 1.82) is 0 Å². The zero-order chi connectivity index (χ0) is 23.7. The summed E-state index contributed by atoms with van der Waals surface area (Å²) in [5, 5.41) is 12.2. The van der Waals surface area contributed by atoms with Gasteiger partial charge in [0.25, 0.3) is 17.7 Å². The zero-order valence-corrected chi connectivity index (χ0v) is 18.2. The number of para-hydroxylation sites is 1. The molecular formula is C26H22N2O5. The number of imide groups is 1. The van der Waals surface area contributed by atoms with Crippen LogP contribution in [0.5, 0.6) is 0 Å². The van der Waals surface area contributed by atoms with E-state index >= 15 is 0 Å². The Bertz CT molecular complexity index is 1270. The summed E-state index contributed by atoms with van der Waals surface area (Å²) in [6, 6.07) is 15.9. The van der Waals surface area contributed by atoms with Crippen molar-refractivity contribution < 1.29 is 24.3 Å². The number of hydrogen-bond acceptors (Lipinski definition) is 4. The summed E-state index contributed by atoms with van der Waals surface area (Å²) in [6.45, 7) is 4.06. The summed E-state index contributed by atoms with van der Waals surface area (Å²) in [5.74, 6) is -2.60. The smallest absolute Gasteiger partial charge is 0.335 e. The Balaban J connectivity index is 1.58. The van der Waals surface area contributed by atoms with Crippen molar-refractivity contribution in [2.75, 3.05) is 10.2 Å². The fraction of sp³-hybridized carbons (Fsp3) is 0.154. The lowest BCUT2D eigenvalue weighted by Gasteiger charge is -2.16. The van der Waals surface area contributed by atoms with Gasteiger partial charge >= 0.3 is 5.97 Å². The van der Waals surface area contributed by atoms with Crippen LogP contribution in [-0.2, 0) is 12.8 Å². The number of carbonyl (C=O) groups excluding carboxylic acids is 3. The molecule has 3 aromatic rings. The first-order valence-electron chi connectivity index (χ1n) is 10.6. The number of amides is 3. The Morgan fingerprint density at radius 3 is 1.97 bits per heavy atom. The Labute approximate surface area is 190 Å². The number of anilines is 2. The maximum Gasteiger partial charge on any atom is 0.335 e. The Morgan fingerprint density at radius 1 is 0.818 bits per heavy atom. The van der Waals surface area contributed by atoms with Gasteiger partial charge in [0, 0.05) is 11.3 Å². The maximum atomic E-state index is 12.9. The molecule has 0 radical (unpaired) electrons. The highest BCUT2D eigenvalue weighted by Gasteiger charge is 2.37. The van der Waals surface area contributed by atoms with Crippen LogP contribution in [0.25, 0.3) is 0 Å². The topological polar surface area (TPSA) is 104 Å². The molecule has 0 saturated carbocycles. The lowest BCUT2D eigenvalue weighted by atomic mass is 10.0. The van der Waals surface area contributed by atoms with Crippen molar-refractivity contribution in [1.82, 2.24) is 0 Å². The van der Waals surface area contributed by atoms with Gasteiger partial charge in [0.1, 0.15) is 0 Å². The van der Waals surface area contributed by atoms with E-state index in [4.69, 9.17) is 5.11 Å². The zero-order valence-electron chi connectivity index (χ0n) is 18.2. The summed E-state index contributed by atoms with van der Waals surface area (Å²) in [6.07, 6.45) is 1.57. The van der Waals surface area contributed by atoms with Crippen LogP contribution in [0.4, 0.5) is 11.4 Å². The van der Waals surface area contributed by atoms with E-state index in [0.29, 0.717) is 11.3 Å². The average Bonchev–Trinajstić information content (AvgIpc) is 3.08. The van der Waals surface area contributed by atoms with Crippen LogP contribution in [-0.4, -0.2) is 28.8 Å². The first kappa shape index (κ1) is 22.0. The molecule has 0 fully saturated rings. The molecule has 1 heterocycles. The van der Waals surface area contributed by atoms with E-state index in [2.05, 4.69) is 5.32 Å². The third-order valence-electron chi connectivity index (χ3n) is 5.76. The van der Waals surface area contributed by atoms with Crippen molar-refractivity contribution in [2.24, 2.45) is 0 Å². The molecule has 3 amide bonds. The fourth-order valence-electron chi connectivity index (χ4n) is 3.96. The monoisotopic (exact) mass is 442 g/mol. The van der Waals surface area contributed by atoms with Crippen molar-refractivity contribution in [3.05, 3.63) is 94.0 Å². The van der Waals surface area contributed by atoms with Gasteiger partial charge in [-0.25, -0.2) is 9.69 Å². The summed E-state index contributed by atoms with van der Waals surface area (Å²) < 4.78 is 0. The number of aromatic carboxylic acids is 1. The highest BCUT2D eigenvalue weighted by atomic mass is 16.4. The van der Waals surface area contributed by atoms with Crippen LogP contribution >= 0.6 is 0 Å². The number of benzene rings is 3. The van der Waals surface area contributed by atoms with Crippen LogP contribution < -0.4 is 10.2 Å². The summed E-state index contributed by atoms with van der Waals surface area (Å²) in [4.78, 5) is 50.7. The number of nitrogens with zero attached hydrogens (tertiary/aromatic N) is 1. The van der Waals surface area contributed by atoms with Gasteiger partial charge in [-0.05, 0) is 66.4 Å². The van der Waals surface area contributed by atoms with E-state index in [1.807, 2.05) is 32.0 Å². The molecule has 2 N–H and O–H groups in total. The Hall–Kier alpha value is -4.26. The first-order valence-corrected chi connectivity index (χ1v) is 10.6. The molecule has 3 aromatic carbocycles. The van der Waals surface area contributed by atoms with Crippen molar-refractivity contribution in [3.8, 4) is 0 Å². The Kier molecular flexibility index (Phi) is 5.79. The van der Waals surface area contributed by atoms with Crippen LogP contribution in [0.3, 0.4) is 0 Å².